The average molecular weight is 310 g/mol. The Morgan fingerprint density at radius 3 is 2.90 bits per heavy atom. The maximum atomic E-state index is 12.1. The maximum absolute atomic E-state index is 12.1. The van der Waals surface area contributed by atoms with Crippen molar-refractivity contribution in [1.29, 1.82) is 0 Å². The molecule has 6 heteroatoms. The van der Waals surface area contributed by atoms with E-state index in [9.17, 15) is 4.79 Å². The van der Waals surface area contributed by atoms with E-state index in [1.807, 2.05) is 6.07 Å². The average Bonchev–Trinajstić information content (AvgIpc) is 2.44. The van der Waals surface area contributed by atoms with Gasteiger partial charge in [-0.1, -0.05) is 29.3 Å². The lowest BCUT2D eigenvalue weighted by molar-refractivity contribution is 0.562. The third-order valence-corrected chi connectivity index (χ3v) is 4.07. The minimum Gasteiger partial charge on any atom is -0.312 e. The smallest absolute Gasteiger partial charge is 0.267 e. The second-order valence-electron chi connectivity index (χ2n) is 4.79. The molecule has 0 atom stereocenters. The minimum absolute atomic E-state index is 0.0986. The first kappa shape index (κ1) is 13.6. The fraction of sp³-hybridized carbons (Fsp3) is 0.286. The third-order valence-electron chi connectivity index (χ3n) is 3.33. The van der Waals surface area contributed by atoms with Crippen LogP contribution >= 0.6 is 23.2 Å². The third kappa shape index (κ3) is 2.73. The number of aromatic nitrogens is 2. The molecular formula is C14H13Cl2N3O. The molecule has 1 N–H and O–H groups in total. The highest BCUT2D eigenvalue weighted by Crippen LogP contribution is 2.22. The molecule has 3 rings (SSSR count). The Kier molecular flexibility index (Phi) is 3.78. The van der Waals surface area contributed by atoms with Gasteiger partial charge in [-0.25, -0.2) is 4.68 Å². The quantitative estimate of drug-likeness (QED) is 0.925. The molecule has 104 valence electrons. The maximum Gasteiger partial charge on any atom is 0.267 e. The fourth-order valence-corrected chi connectivity index (χ4v) is 2.60. The summed E-state index contributed by atoms with van der Waals surface area (Å²) in [6.45, 7) is 2.01. The molecular weight excluding hydrogens is 297 g/mol. The highest BCUT2D eigenvalue weighted by atomic mass is 35.5. The van der Waals surface area contributed by atoms with Crippen molar-refractivity contribution in [2.75, 3.05) is 6.54 Å². The molecule has 20 heavy (non-hydrogen) atoms. The van der Waals surface area contributed by atoms with E-state index in [2.05, 4.69) is 10.4 Å². The second kappa shape index (κ2) is 5.56. The van der Waals surface area contributed by atoms with Gasteiger partial charge in [0.05, 0.1) is 22.3 Å². The van der Waals surface area contributed by atoms with Crippen molar-refractivity contribution in [1.82, 2.24) is 15.1 Å². The molecule has 0 radical (unpaired) electrons. The number of nitrogens with zero attached hydrogens (tertiary/aromatic N) is 2. The summed E-state index contributed by atoms with van der Waals surface area (Å²) in [7, 11) is 0. The van der Waals surface area contributed by atoms with Crippen LogP contribution in [0, 0.1) is 0 Å². The summed E-state index contributed by atoms with van der Waals surface area (Å²) in [6.07, 6.45) is 0.844. The monoisotopic (exact) mass is 309 g/mol. The number of nitrogens with one attached hydrogen (secondary N) is 1. The molecule has 1 aliphatic heterocycles. The van der Waals surface area contributed by atoms with Crippen molar-refractivity contribution in [3.05, 3.63) is 61.5 Å². The number of halogens is 2. The van der Waals surface area contributed by atoms with Gasteiger partial charge in [-0.2, -0.15) is 5.10 Å². The van der Waals surface area contributed by atoms with E-state index >= 15 is 0 Å². The van der Waals surface area contributed by atoms with Gasteiger partial charge in [0, 0.05) is 25.6 Å². The summed E-state index contributed by atoms with van der Waals surface area (Å²) >= 11 is 11.9. The van der Waals surface area contributed by atoms with Gasteiger partial charge >= 0.3 is 0 Å². The van der Waals surface area contributed by atoms with Gasteiger partial charge < -0.3 is 5.32 Å². The van der Waals surface area contributed by atoms with Crippen molar-refractivity contribution >= 4 is 23.2 Å². The molecule has 1 aromatic heterocycles. The van der Waals surface area contributed by atoms with E-state index in [0.717, 1.165) is 29.8 Å². The topological polar surface area (TPSA) is 46.9 Å². The lowest BCUT2D eigenvalue weighted by Gasteiger charge is -2.17. The number of benzene rings is 1. The van der Waals surface area contributed by atoms with Crippen molar-refractivity contribution in [2.45, 2.75) is 19.5 Å². The van der Waals surface area contributed by atoms with Gasteiger partial charge in [-0.3, -0.25) is 4.79 Å². The molecule has 0 bridgehead atoms. The standard InChI is InChI=1S/C14H13Cl2N3O/c15-11-2-1-9(5-12(11)16)8-19-14(20)6-10-7-17-4-3-13(10)18-19/h1-2,5-6,17H,3-4,7-8H2. The van der Waals surface area contributed by atoms with Crippen LogP contribution in [-0.2, 0) is 19.5 Å². The van der Waals surface area contributed by atoms with Gasteiger partial charge in [0.1, 0.15) is 0 Å². The first-order chi connectivity index (χ1) is 9.63. The summed E-state index contributed by atoms with van der Waals surface area (Å²) in [5.41, 5.74) is 2.79. The van der Waals surface area contributed by atoms with E-state index in [0.29, 0.717) is 23.1 Å². The number of rotatable bonds is 2. The molecule has 0 saturated heterocycles. The molecule has 0 unspecified atom stereocenters. The van der Waals surface area contributed by atoms with E-state index < -0.39 is 0 Å². The molecule has 1 aromatic carbocycles. The van der Waals surface area contributed by atoms with Gasteiger partial charge in [0.15, 0.2) is 0 Å². The van der Waals surface area contributed by atoms with Crippen LogP contribution in [0.25, 0.3) is 0 Å². The molecule has 0 saturated carbocycles. The summed E-state index contributed by atoms with van der Waals surface area (Å²) in [4.78, 5) is 12.1. The zero-order chi connectivity index (χ0) is 14.1. The fourth-order valence-electron chi connectivity index (χ4n) is 2.28. The first-order valence-electron chi connectivity index (χ1n) is 6.38. The van der Waals surface area contributed by atoms with Crippen LogP contribution in [0.15, 0.2) is 29.1 Å². The van der Waals surface area contributed by atoms with Gasteiger partial charge in [0.25, 0.3) is 5.56 Å². The lowest BCUT2D eigenvalue weighted by atomic mass is 10.1. The molecule has 0 spiro atoms. The second-order valence-corrected chi connectivity index (χ2v) is 5.60. The summed E-state index contributed by atoms with van der Waals surface area (Å²) < 4.78 is 1.48. The SMILES string of the molecule is O=c1cc2c(nn1Cc1ccc(Cl)c(Cl)c1)CCNC2. The largest absolute Gasteiger partial charge is 0.312 e. The van der Waals surface area contributed by atoms with Crippen molar-refractivity contribution in [3.63, 3.8) is 0 Å². The highest BCUT2D eigenvalue weighted by Gasteiger charge is 2.13. The normalized spacial score (nSPS) is 14.1. The van der Waals surface area contributed by atoms with Gasteiger partial charge in [-0.05, 0) is 23.3 Å². The van der Waals surface area contributed by atoms with Crippen molar-refractivity contribution in [2.24, 2.45) is 0 Å². The van der Waals surface area contributed by atoms with Crippen LogP contribution in [0.2, 0.25) is 10.0 Å². The predicted octanol–water partition coefficient (Wildman–Crippen LogP) is 2.24. The summed E-state index contributed by atoms with van der Waals surface area (Å²) in [5.74, 6) is 0. The Balaban J connectivity index is 1.94. The highest BCUT2D eigenvalue weighted by molar-refractivity contribution is 6.42. The van der Waals surface area contributed by atoms with Gasteiger partial charge in [-0.15, -0.1) is 0 Å². The van der Waals surface area contributed by atoms with Crippen LogP contribution in [0.5, 0.6) is 0 Å². The van der Waals surface area contributed by atoms with Crippen LogP contribution in [0.4, 0.5) is 0 Å². The first-order valence-corrected chi connectivity index (χ1v) is 7.13. The zero-order valence-corrected chi connectivity index (χ0v) is 12.2. The zero-order valence-electron chi connectivity index (χ0n) is 10.7. The summed E-state index contributed by atoms with van der Waals surface area (Å²) in [6, 6.07) is 7.00. The molecule has 0 fully saturated rings. The molecule has 0 amide bonds. The number of fused-ring (bicyclic) bond motifs is 1. The molecule has 0 aliphatic carbocycles. The van der Waals surface area contributed by atoms with Crippen LogP contribution < -0.4 is 10.9 Å². The van der Waals surface area contributed by atoms with E-state index in [-0.39, 0.29) is 5.56 Å². The summed E-state index contributed by atoms with van der Waals surface area (Å²) in [5, 5.41) is 8.67. The number of hydrogen-bond acceptors (Lipinski definition) is 3. The molecule has 2 aromatic rings. The van der Waals surface area contributed by atoms with Crippen LogP contribution in [-0.4, -0.2) is 16.3 Å². The molecule has 4 nitrogen and oxygen atoms in total. The Labute approximate surface area is 126 Å². The Bertz CT molecular complexity index is 712. The molecule has 2 heterocycles. The van der Waals surface area contributed by atoms with Gasteiger partial charge in [0.2, 0.25) is 0 Å². The lowest BCUT2D eigenvalue weighted by Crippen LogP contribution is -2.31. The Morgan fingerprint density at radius 1 is 1.25 bits per heavy atom. The Morgan fingerprint density at radius 2 is 2.10 bits per heavy atom. The van der Waals surface area contributed by atoms with E-state index in [1.165, 1.54) is 4.68 Å². The minimum atomic E-state index is -0.0986. The van der Waals surface area contributed by atoms with Crippen LogP contribution in [0.1, 0.15) is 16.8 Å². The van der Waals surface area contributed by atoms with Crippen LogP contribution in [0.3, 0.4) is 0 Å². The molecule has 1 aliphatic rings. The van der Waals surface area contributed by atoms with E-state index in [4.69, 9.17) is 23.2 Å². The van der Waals surface area contributed by atoms with Crippen molar-refractivity contribution < 1.29 is 0 Å². The number of hydrogen-bond donors (Lipinski definition) is 1. The Hall–Kier alpha value is -1.36. The van der Waals surface area contributed by atoms with Crippen molar-refractivity contribution in [3.8, 4) is 0 Å². The van der Waals surface area contributed by atoms with E-state index in [1.54, 1.807) is 18.2 Å². The predicted molar refractivity (Wildman–Crippen MR) is 79.5 cm³/mol.